The molecule has 0 atom stereocenters. The van der Waals surface area contributed by atoms with Crippen molar-refractivity contribution in [1.29, 1.82) is 0 Å². The molecule has 0 radical (unpaired) electrons. The van der Waals surface area contributed by atoms with E-state index < -0.39 is 0 Å². The standard InChI is InChI=1S/C19H25N3O/c1-21(2)18-12-7-9-16(15-18)19(23)20-13-8-14-22(3)17-10-5-4-6-11-17/h4-7,9-12,15H,8,13-14H2,1-3H3,(H,20,23). The van der Waals surface area contributed by atoms with Gasteiger partial charge in [-0.05, 0) is 36.8 Å². The van der Waals surface area contributed by atoms with Gasteiger partial charge in [0.05, 0.1) is 0 Å². The lowest BCUT2D eigenvalue weighted by molar-refractivity contribution is 0.0953. The van der Waals surface area contributed by atoms with Crippen molar-refractivity contribution in [1.82, 2.24) is 5.32 Å². The van der Waals surface area contributed by atoms with Crippen molar-refractivity contribution in [2.45, 2.75) is 6.42 Å². The molecular formula is C19H25N3O. The minimum atomic E-state index is -0.0175. The maximum atomic E-state index is 12.2. The summed E-state index contributed by atoms with van der Waals surface area (Å²) < 4.78 is 0. The Hall–Kier alpha value is -2.49. The van der Waals surface area contributed by atoms with Crippen LogP contribution in [-0.4, -0.2) is 40.1 Å². The van der Waals surface area contributed by atoms with Crippen LogP contribution in [0, 0.1) is 0 Å². The number of benzene rings is 2. The molecule has 2 aromatic rings. The zero-order valence-electron chi connectivity index (χ0n) is 14.1. The molecule has 0 fully saturated rings. The van der Waals surface area contributed by atoms with Crippen LogP contribution < -0.4 is 15.1 Å². The highest BCUT2D eigenvalue weighted by molar-refractivity contribution is 5.95. The normalized spacial score (nSPS) is 10.2. The Morgan fingerprint density at radius 2 is 1.65 bits per heavy atom. The van der Waals surface area contributed by atoms with Gasteiger partial charge in [-0.3, -0.25) is 4.79 Å². The summed E-state index contributed by atoms with van der Waals surface area (Å²) in [5, 5.41) is 2.99. The van der Waals surface area contributed by atoms with Gasteiger partial charge < -0.3 is 15.1 Å². The Labute approximate surface area is 138 Å². The van der Waals surface area contributed by atoms with Gasteiger partial charge in [-0.15, -0.1) is 0 Å². The van der Waals surface area contributed by atoms with Gasteiger partial charge in [0.2, 0.25) is 0 Å². The molecule has 0 unspecified atom stereocenters. The minimum absolute atomic E-state index is 0.0175. The monoisotopic (exact) mass is 311 g/mol. The summed E-state index contributed by atoms with van der Waals surface area (Å²) in [6.45, 7) is 1.57. The molecule has 0 heterocycles. The number of rotatable bonds is 7. The molecule has 2 aromatic carbocycles. The first-order valence-corrected chi connectivity index (χ1v) is 7.89. The molecule has 2 rings (SSSR count). The highest BCUT2D eigenvalue weighted by Crippen LogP contribution is 2.13. The highest BCUT2D eigenvalue weighted by Gasteiger charge is 2.07. The van der Waals surface area contributed by atoms with Gasteiger partial charge in [-0.1, -0.05) is 24.3 Å². The van der Waals surface area contributed by atoms with Gasteiger partial charge in [0, 0.05) is 51.2 Å². The van der Waals surface area contributed by atoms with E-state index in [2.05, 4.69) is 29.4 Å². The average Bonchev–Trinajstić information content (AvgIpc) is 2.59. The fourth-order valence-corrected chi connectivity index (χ4v) is 2.36. The second kappa shape index (κ2) is 8.22. The average molecular weight is 311 g/mol. The van der Waals surface area contributed by atoms with Crippen LogP contribution in [0.15, 0.2) is 54.6 Å². The van der Waals surface area contributed by atoms with Crippen LogP contribution in [-0.2, 0) is 0 Å². The molecule has 0 aliphatic rings. The van der Waals surface area contributed by atoms with Crippen molar-refractivity contribution in [3.05, 3.63) is 60.2 Å². The quantitative estimate of drug-likeness (QED) is 0.799. The first-order valence-electron chi connectivity index (χ1n) is 7.89. The molecule has 0 spiro atoms. The van der Waals surface area contributed by atoms with Crippen LogP contribution in [0.2, 0.25) is 0 Å². The Bertz CT molecular complexity index is 626. The zero-order chi connectivity index (χ0) is 16.7. The van der Waals surface area contributed by atoms with Crippen LogP contribution in [0.3, 0.4) is 0 Å². The number of anilines is 2. The number of para-hydroxylation sites is 1. The van der Waals surface area contributed by atoms with Crippen LogP contribution in [0.25, 0.3) is 0 Å². The molecule has 0 aromatic heterocycles. The van der Waals surface area contributed by atoms with Gasteiger partial charge in [-0.2, -0.15) is 0 Å². The van der Waals surface area contributed by atoms with E-state index in [1.807, 2.05) is 61.5 Å². The summed E-state index contributed by atoms with van der Waals surface area (Å²) in [5.41, 5.74) is 2.92. The van der Waals surface area contributed by atoms with E-state index >= 15 is 0 Å². The molecular weight excluding hydrogens is 286 g/mol. The second-order valence-corrected chi connectivity index (χ2v) is 5.81. The molecule has 122 valence electrons. The Morgan fingerprint density at radius 3 is 2.35 bits per heavy atom. The molecule has 0 saturated carbocycles. The lowest BCUT2D eigenvalue weighted by atomic mass is 10.2. The van der Waals surface area contributed by atoms with Gasteiger partial charge in [0.15, 0.2) is 0 Å². The second-order valence-electron chi connectivity index (χ2n) is 5.81. The molecule has 1 N–H and O–H groups in total. The SMILES string of the molecule is CN(C)c1cccc(C(=O)NCCCN(C)c2ccccc2)c1. The van der Waals surface area contributed by atoms with E-state index in [4.69, 9.17) is 0 Å². The van der Waals surface area contributed by atoms with Crippen molar-refractivity contribution in [2.24, 2.45) is 0 Å². The molecule has 0 bridgehead atoms. The third-order valence-electron chi connectivity index (χ3n) is 3.78. The number of hydrogen-bond donors (Lipinski definition) is 1. The van der Waals surface area contributed by atoms with Crippen LogP contribution >= 0.6 is 0 Å². The Morgan fingerprint density at radius 1 is 0.957 bits per heavy atom. The summed E-state index contributed by atoms with van der Waals surface area (Å²) in [5.74, 6) is -0.0175. The predicted molar refractivity (Wildman–Crippen MR) is 97.4 cm³/mol. The summed E-state index contributed by atoms with van der Waals surface area (Å²) in [6.07, 6.45) is 0.907. The van der Waals surface area contributed by atoms with Gasteiger partial charge in [0.25, 0.3) is 5.91 Å². The zero-order valence-corrected chi connectivity index (χ0v) is 14.1. The lowest BCUT2D eigenvalue weighted by Crippen LogP contribution is -2.28. The number of nitrogens with one attached hydrogen (secondary N) is 1. The van der Waals surface area contributed by atoms with Crippen molar-refractivity contribution in [2.75, 3.05) is 44.0 Å². The number of amides is 1. The van der Waals surface area contributed by atoms with Gasteiger partial charge in [0.1, 0.15) is 0 Å². The topological polar surface area (TPSA) is 35.6 Å². The smallest absolute Gasteiger partial charge is 0.251 e. The number of carbonyl (C=O) groups is 1. The van der Waals surface area contributed by atoms with E-state index in [0.29, 0.717) is 12.1 Å². The molecule has 23 heavy (non-hydrogen) atoms. The van der Waals surface area contributed by atoms with Crippen LogP contribution in [0.4, 0.5) is 11.4 Å². The third kappa shape index (κ3) is 5.02. The number of carbonyl (C=O) groups excluding carboxylic acids is 1. The maximum absolute atomic E-state index is 12.2. The molecule has 1 amide bonds. The van der Waals surface area contributed by atoms with Crippen molar-refractivity contribution >= 4 is 17.3 Å². The molecule has 4 heteroatoms. The van der Waals surface area contributed by atoms with E-state index in [1.165, 1.54) is 5.69 Å². The maximum Gasteiger partial charge on any atom is 0.251 e. The first kappa shape index (κ1) is 16.9. The largest absolute Gasteiger partial charge is 0.378 e. The lowest BCUT2D eigenvalue weighted by Gasteiger charge is -2.19. The molecule has 4 nitrogen and oxygen atoms in total. The summed E-state index contributed by atoms with van der Waals surface area (Å²) in [7, 11) is 6.00. The minimum Gasteiger partial charge on any atom is -0.378 e. The van der Waals surface area contributed by atoms with Crippen LogP contribution in [0.1, 0.15) is 16.8 Å². The van der Waals surface area contributed by atoms with Crippen LogP contribution in [0.5, 0.6) is 0 Å². The van der Waals surface area contributed by atoms with Crippen molar-refractivity contribution in [3.63, 3.8) is 0 Å². The fourth-order valence-electron chi connectivity index (χ4n) is 2.36. The van der Waals surface area contributed by atoms with E-state index in [-0.39, 0.29) is 5.91 Å². The van der Waals surface area contributed by atoms with E-state index in [1.54, 1.807) is 0 Å². The third-order valence-corrected chi connectivity index (χ3v) is 3.78. The summed E-state index contributed by atoms with van der Waals surface area (Å²) in [4.78, 5) is 16.4. The number of nitrogens with zero attached hydrogens (tertiary/aromatic N) is 2. The Balaban J connectivity index is 1.78. The van der Waals surface area contributed by atoms with E-state index in [0.717, 1.165) is 18.7 Å². The fraction of sp³-hybridized carbons (Fsp3) is 0.316. The first-order chi connectivity index (χ1) is 11.1. The van der Waals surface area contributed by atoms with E-state index in [9.17, 15) is 4.79 Å². The predicted octanol–water partition coefficient (Wildman–Crippen LogP) is 3.01. The summed E-state index contributed by atoms with van der Waals surface area (Å²) in [6, 6.07) is 17.9. The summed E-state index contributed by atoms with van der Waals surface area (Å²) >= 11 is 0. The highest BCUT2D eigenvalue weighted by atomic mass is 16.1. The number of hydrogen-bond acceptors (Lipinski definition) is 3. The Kier molecular flexibility index (Phi) is 6.03. The van der Waals surface area contributed by atoms with Crippen molar-refractivity contribution < 1.29 is 4.79 Å². The molecule has 0 saturated heterocycles. The van der Waals surface area contributed by atoms with Gasteiger partial charge >= 0.3 is 0 Å². The van der Waals surface area contributed by atoms with Gasteiger partial charge in [-0.25, -0.2) is 0 Å². The molecule has 0 aliphatic heterocycles. The molecule has 0 aliphatic carbocycles. The van der Waals surface area contributed by atoms with Crippen molar-refractivity contribution in [3.8, 4) is 0 Å².